The van der Waals surface area contributed by atoms with E-state index in [1.807, 2.05) is 0 Å². The van der Waals surface area contributed by atoms with Crippen molar-refractivity contribution in [3.8, 4) is 0 Å². The van der Waals surface area contributed by atoms with Gasteiger partial charge in [-0.05, 0) is 26.4 Å². The number of carboxylic acids is 1. The van der Waals surface area contributed by atoms with E-state index in [9.17, 15) is 27.9 Å². The smallest absolute Gasteiger partial charge is 0.352 e. The zero-order valence-electron chi connectivity index (χ0n) is 17.6. The summed E-state index contributed by atoms with van der Waals surface area (Å²) in [5.74, 6) is -3.50. The van der Waals surface area contributed by atoms with E-state index in [0.29, 0.717) is 5.57 Å². The van der Waals surface area contributed by atoms with Crippen molar-refractivity contribution in [3.05, 3.63) is 17.6 Å². The van der Waals surface area contributed by atoms with Gasteiger partial charge in [0.15, 0.2) is 5.88 Å². The topological polar surface area (TPSA) is 238 Å². The highest BCUT2D eigenvalue weighted by Gasteiger charge is 2.66. The van der Waals surface area contributed by atoms with Gasteiger partial charge < -0.3 is 15.2 Å². The van der Waals surface area contributed by atoms with Crippen LogP contribution in [0.4, 0.5) is 0 Å². The lowest BCUT2D eigenvalue weighted by Crippen LogP contribution is -2.80. The summed E-state index contributed by atoms with van der Waals surface area (Å²) in [4.78, 5) is 38.6. The summed E-state index contributed by atoms with van der Waals surface area (Å²) < 4.78 is 38.6. The summed E-state index contributed by atoms with van der Waals surface area (Å²) in [5.41, 5.74) is -1.74. The third-order valence-corrected chi connectivity index (χ3v) is 7.80. The first-order valence-corrected chi connectivity index (χ1v) is 13.0. The van der Waals surface area contributed by atoms with Gasteiger partial charge in [-0.3, -0.25) is 19.0 Å². The Balaban J connectivity index is 1.52. The van der Waals surface area contributed by atoms with Crippen LogP contribution in [0.15, 0.2) is 22.8 Å². The molecule has 18 nitrogen and oxygen atoms in total. The van der Waals surface area contributed by atoms with E-state index in [-0.39, 0.29) is 28.9 Å². The number of fused-ring (bicyclic) bond motifs is 1. The van der Waals surface area contributed by atoms with E-state index in [1.165, 1.54) is 25.2 Å². The van der Waals surface area contributed by atoms with Gasteiger partial charge in [-0.25, -0.2) is 14.2 Å². The first-order valence-electron chi connectivity index (χ1n) is 9.37. The molecule has 2 aliphatic heterocycles. The molecule has 0 radical (unpaired) electrons. The van der Waals surface area contributed by atoms with E-state index in [2.05, 4.69) is 36.4 Å². The van der Waals surface area contributed by atoms with E-state index in [1.54, 1.807) is 0 Å². The van der Waals surface area contributed by atoms with Crippen molar-refractivity contribution < 1.29 is 37.2 Å². The zero-order chi connectivity index (χ0) is 25.4. The SMILES string of the molecule is CO[C@@]1(NC(=O)Cn2cnnn2)C(=O)N2C(C(=O)O)=C(CSc3nnnn3CS(=O)(=O)O)CS[C@@H]21. The number of amides is 2. The molecule has 1 fully saturated rings. The molecular weight excluding hydrogens is 532 g/mol. The maximum atomic E-state index is 13.1. The molecule has 0 saturated carbocycles. The van der Waals surface area contributed by atoms with Crippen molar-refractivity contribution in [2.75, 3.05) is 18.6 Å². The number of hydrogen-bond donors (Lipinski definition) is 3. The van der Waals surface area contributed by atoms with Crippen LogP contribution in [0.25, 0.3) is 0 Å². The van der Waals surface area contributed by atoms with E-state index in [0.717, 1.165) is 26.0 Å². The minimum atomic E-state index is -4.41. The summed E-state index contributed by atoms with van der Waals surface area (Å²) in [6.07, 6.45) is 1.21. The second kappa shape index (κ2) is 9.49. The standard InChI is InChI=1S/C14H16N10O8S3/c1-32-14(16-8(25)2-22-5-15-18-20-22)11(28)24-9(10(26)27)7(3-33-12(14)24)4-34-13-17-19-21-23(13)6-35(29,30)31/h5,12H,2-4,6H2,1H3,(H,16,25)(H,26,27)(H,29,30,31)/t12-,14+/m1/s1. The lowest BCUT2D eigenvalue weighted by molar-refractivity contribution is -0.192. The molecule has 2 aromatic rings. The van der Waals surface area contributed by atoms with Gasteiger partial charge >= 0.3 is 5.97 Å². The van der Waals surface area contributed by atoms with Gasteiger partial charge in [0.25, 0.3) is 21.8 Å². The number of aromatic nitrogens is 8. The summed E-state index contributed by atoms with van der Waals surface area (Å²) in [5, 5.41) is 32.4. The molecular formula is C14H16N10O8S3. The number of carbonyl (C=O) groups is 3. The van der Waals surface area contributed by atoms with E-state index >= 15 is 0 Å². The van der Waals surface area contributed by atoms with Crippen LogP contribution in [-0.2, 0) is 41.7 Å². The number of ether oxygens (including phenoxy) is 1. The number of nitrogens with one attached hydrogen (secondary N) is 1. The molecule has 0 unspecified atom stereocenters. The molecule has 21 heteroatoms. The van der Waals surface area contributed by atoms with Gasteiger partial charge in [-0.1, -0.05) is 11.8 Å². The molecule has 1 saturated heterocycles. The fraction of sp³-hybridized carbons (Fsp3) is 0.500. The Labute approximate surface area is 204 Å². The summed E-state index contributed by atoms with van der Waals surface area (Å²) >= 11 is 2.09. The van der Waals surface area contributed by atoms with Crippen LogP contribution in [0.1, 0.15) is 0 Å². The average Bonchev–Trinajstić information content (AvgIpc) is 3.45. The fourth-order valence-electron chi connectivity index (χ4n) is 3.39. The number of aliphatic carboxylic acids is 1. The first-order chi connectivity index (χ1) is 16.6. The predicted octanol–water partition coefficient (Wildman–Crippen LogP) is -2.99. The Hall–Kier alpha value is -3.14. The maximum Gasteiger partial charge on any atom is 0.352 e. The van der Waals surface area contributed by atoms with Crippen molar-refractivity contribution in [3.63, 3.8) is 0 Å². The van der Waals surface area contributed by atoms with Crippen LogP contribution in [0.2, 0.25) is 0 Å². The number of methoxy groups -OCH3 is 1. The predicted molar refractivity (Wildman–Crippen MR) is 114 cm³/mol. The Morgan fingerprint density at radius 1 is 1.37 bits per heavy atom. The second-order valence-electron chi connectivity index (χ2n) is 7.05. The highest BCUT2D eigenvalue weighted by atomic mass is 32.2. The molecule has 0 aromatic carbocycles. The molecule has 188 valence electrons. The van der Waals surface area contributed by atoms with Gasteiger partial charge in [0, 0.05) is 18.6 Å². The van der Waals surface area contributed by atoms with Gasteiger partial charge in [0.2, 0.25) is 11.1 Å². The number of carbonyl (C=O) groups excluding carboxylic acids is 2. The Morgan fingerprint density at radius 2 is 2.14 bits per heavy atom. The van der Waals surface area contributed by atoms with Crippen LogP contribution in [0.5, 0.6) is 0 Å². The van der Waals surface area contributed by atoms with Gasteiger partial charge in [-0.2, -0.15) is 8.42 Å². The van der Waals surface area contributed by atoms with Crippen molar-refractivity contribution >= 4 is 51.4 Å². The quantitative estimate of drug-likeness (QED) is 0.116. The molecule has 35 heavy (non-hydrogen) atoms. The largest absolute Gasteiger partial charge is 0.477 e. The van der Waals surface area contributed by atoms with Gasteiger partial charge in [0.1, 0.15) is 23.9 Å². The molecule has 0 spiro atoms. The van der Waals surface area contributed by atoms with E-state index in [4.69, 9.17) is 9.29 Å². The fourth-order valence-corrected chi connectivity index (χ4v) is 6.41. The lowest BCUT2D eigenvalue weighted by Gasteiger charge is -2.55. The summed E-state index contributed by atoms with van der Waals surface area (Å²) in [6.45, 7) is -0.287. The van der Waals surface area contributed by atoms with Crippen LogP contribution in [-0.4, -0.2) is 111 Å². The molecule has 2 amide bonds. The second-order valence-corrected chi connectivity index (χ2v) is 10.5. The average molecular weight is 549 g/mol. The minimum Gasteiger partial charge on any atom is -0.477 e. The lowest BCUT2D eigenvalue weighted by atomic mass is 9.98. The molecule has 2 atom stereocenters. The molecule has 4 heterocycles. The third kappa shape index (κ3) is 4.84. The highest BCUT2D eigenvalue weighted by molar-refractivity contribution is 8.01. The molecule has 2 aromatic heterocycles. The van der Waals surface area contributed by atoms with Crippen LogP contribution in [0.3, 0.4) is 0 Å². The Bertz CT molecular complexity index is 1300. The number of rotatable bonds is 10. The molecule has 2 aliphatic rings. The number of tetrazole rings is 2. The van der Waals surface area contributed by atoms with Gasteiger partial charge in [0.05, 0.1) is 0 Å². The van der Waals surface area contributed by atoms with Crippen LogP contribution in [0, 0.1) is 0 Å². The van der Waals surface area contributed by atoms with Gasteiger partial charge in [-0.15, -0.1) is 22.0 Å². The number of carboxylic acid groups (broad SMARTS) is 1. The molecule has 0 aliphatic carbocycles. The Morgan fingerprint density at radius 3 is 2.77 bits per heavy atom. The summed E-state index contributed by atoms with van der Waals surface area (Å²) in [6, 6.07) is 0. The zero-order valence-corrected chi connectivity index (χ0v) is 20.0. The number of hydrogen-bond acceptors (Lipinski definition) is 14. The van der Waals surface area contributed by atoms with Crippen molar-refractivity contribution in [2.24, 2.45) is 0 Å². The maximum absolute atomic E-state index is 13.1. The monoisotopic (exact) mass is 548 g/mol. The number of nitrogens with zero attached hydrogens (tertiary/aromatic N) is 9. The Kier molecular flexibility index (Phi) is 6.77. The number of β-lactam (4-membered cyclic amide) rings is 1. The molecule has 4 rings (SSSR count). The van der Waals surface area contributed by atoms with Crippen LogP contribution >= 0.6 is 23.5 Å². The van der Waals surface area contributed by atoms with Crippen molar-refractivity contribution in [1.29, 1.82) is 0 Å². The minimum absolute atomic E-state index is 0.00260. The van der Waals surface area contributed by atoms with E-state index < -0.39 is 44.9 Å². The highest BCUT2D eigenvalue weighted by Crippen LogP contribution is 2.47. The molecule has 3 N–H and O–H groups in total. The third-order valence-electron chi connectivity index (χ3n) is 4.82. The van der Waals surface area contributed by atoms with Crippen molar-refractivity contribution in [1.82, 2.24) is 50.6 Å². The first kappa shape index (κ1) is 25.0. The number of thioether (sulfide) groups is 2. The summed E-state index contributed by atoms with van der Waals surface area (Å²) in [7, 11) is -3.19. The normalized spacial score (nSPS) is 22.1. The van der Waals surface area contributed by atoms with Crippen LogP contribution < -0.4 is 5.32 Å². The van der Waals surface area contributed by atoms with Crippen molar-refractivity contribution in [2.45, 2.75) is 28.7 Å². The molecule has 0 bridgehead atoms.